The Morgan fingerprint density at radius 3 is 3.24 bits per heavy atom. The normalized spacial score (nSPS) is 22.6. The summed E-state index contributed by atoms with van der Waals surface area (Å²) in [4.78, 5) is 4.49. The molecule has 0 aromatic carbocycles. The van der Waals surface area contributed by atoms with Gasteiger partial charge in [-0.05, 0) is 26.8 Å². The Hall–Kier alpha value is -0.490. The average Bonchev–Trinajstić information content (AvgIpc) is 2.77. The highest BCUT2D eigenvalue weighted by Gasteiger charge is 2.14. The Balaban J connectivity index is 1.67. The summed E-state index contributed by atoms with van der Waals surface area (Å²) in [7, 11) is 0. The number of thiazole rings is 1. The summed E-state index contributed by atoms with van der Waals surface area (Å²) in [6.07, 6.45) is 1.42. The van der Waals surface area contributed by atoms with Gasteiger partial charge in [0, 0.05) is 24.2 Å². The molecule has 0 aliphatic carbocycles. The van der Waals surface area contributed by atoms with E-state index in [1.54, 1.807) is 11.3 Å². The van der Waals surface area contributed by atoms with Crippen LogP contribution >= 0.6 is 11.3 Å². The molecular weight excluding hydrogens is 234 g/mol. The molecule has 0 amide bonds. The fourth-order valence-electron chi connectivity index (χ4n) is 1.92. The number of hydrogen-bond donors (Lipinski definition) is 2. The van der Waals surface area contributed by atoms with Gasteiger partial charge >= 0.3 is 0 Å². The van der Waals surface area contributed by atoms with Crippen LogP contribution in [0.5, 0.6) is 0 Å². The number of ether oxygens (including phenoxy) is 1. The molecule has 5 heteroatoms. The number of aryl methyl sites for hydroxylation is 1. The van der Waals surface area contributed by atoms with E-state index in [1.165, 1.54) is 5.01 Å². The van der Waals surface area contributed by atoms with Crippen LogP contribution in [-0.2, 0) is 4.74 Å². The average molecular weight is 255 g/mol. The topological polar surface area (TPSA) is 46.2 Å². The molecular formula is C12H21N3OS. The van der Waals surface area contributed by atoms with Gasteiger partial charge in [-0.3, -0.25) is 0 Å². The first-order valence-corrected chi connectivity index (χ1v) is 7.11. The molecule has 1 aliphatic heterocycles. The van der Waals surface area contributed by atoms with Gasteiger partial charge in [-0.1, -0.05) is 0 Å². The van der Waals surface area contributed by atoms with Crippen LogP contribution in [0.15, 0.2) is 5.38 Å². The van der Waals surface area contributed by atoms with E-state index >= 15 is 0 Å². The summed E-state index contributed by atoms with van der Waals surface area (Å²) < 4.78 is 5.65. The van der Waals surface area contributed by atoms with Gasteiger partial charge in [-0.15, -0.1) is 11.3 Å². The van der Waals surface area contributed by atoms with Crippen molar-refractivity contribution in [2.45, 2.75) is 32.4 Å². The first-order chi connectivity index (χ1) is 8.25. The highest BCUT2D eigenvalue weighted by Crippen LogP contribution is 2.17. The molecule has 2 heterocycles. The van der Waals surface area contributed by atoms with Crippen LogP contribution < -0.4 is 10.6 Å². The van der Waals surface area contributed by atoms with Crippen molar-refractivity contribution in [3.05, 3.63) is 16.1 Å². The summed E-state index contributed by atoms with van der Waals surface area (Å²) in [6.45, 7) is 7.98. The van der Waals surface area contributed by atoms with Crippen molar-refractivity contribution in [2.24, 2.45) is 0 Å². The Bertz CT molecular complexity index is 336. The summed E-state index contributed by atoms with van der Waals surface area (Å²) in [5, 5.41) is 10.1. The largest absolute Gasteiger partial charge is 0.376 e. The van der Waals surface area contributed by atoms with Crippen LogP contribution in [0.2, 0.25) is 0 Å². The minimum Gasteiger partial charge on any atom is -0.376 e. The second-order valence-electron chi connectivity index (χ2n) is 4.49. The Labute approximate surface area is 107 Å². The molecule has 1 aliphatic rings. The fraction of sp³-hybridized carbons (Fsp3) is 0.750. The fourth-order valence-corrected chi connectivity index (χ4v) is 2.75. The Morgan fingerprint density at radius 2 is 2.59 bits per heavy atom. The number of nitrogens with one attached hydrogen (secondary N) is 2. The lowest BCUT2D eigenvalue weighted by Crippen LogP contribution is -2.40. The predicted molar refractivity (Wildman–Crippen MR) is 70.5 cm³/mol. The number of nitrogens with zero attached hydrogens (tertiary/aromatic N) is 1. The smallest absolute Gasteiger partial charge is 0.110 e. The zero-order valence-electron chi connectivity index (χ0n) is 10.5. The zero-order chi connectivity index (χ0) is 12.1. The van der Waals surface area contributed by atoms with Crippen LogP contribution in [0.3, 0.4) is 0 Å². The van der Waals surface area contributed by atoms with E-state index in [4.69, 9.17) is 4.74 Å². The van der Waals surface area contributed by atoms with Gasteiger partial charge in [0.15, 0.2) is 0 Å². The van der Waals surface area contributed by atoms with Gasteiger partial charge in [-0.2, -0.15) is 0 Å². The first kappa shape index (κ1) is 13.0. The van der Waals surface area contributed by atoms with E-state index < -0.39 is 0 Å². The summed E-state index contributed by atoms with van der Waals surface area (Å²) in [5.41, 5.74) is 1.11. The quantitative estimate of drug-likeness (QED) is 0.836. The molecule has 2 atom stereocenters. The third-order valence-electron chi connectivity index (χ3n) is 2.93. The van der Waals surface area contributed by atoms with E-state index in [2.05, 4.69) is 27.9 Å². The minimum atomic E-state index is 0.338. The van der Waals surface area contributed by atoms with Crippen LogP contribution in [0.4, 0.5) is 0 Å². The lowest BCUT2D eigenvalue weighted by atomic mass is 10.2. The van der Waals surface area contributed by atoms with Crippen LogP contribution in [0.25, 0.3) is 0 Å². The van der Waals surface area contributed by atoms with Crippen LogP contribution in [0, 0.1) is 6.92 Å². The third kappa shape index (κ3) is 4.03. The second kappa shape index (κ2) is 6.44. The highest BCUT2D eigenvalue weighted by molar-refractivity contribution is 7.09. The molecule has 1 aromatic rings. The molecule has 0 saturated carbocycles. The first-order valence-electron chi connectivity index (χ1n) is 6.23. The number of aromatic nitrogens is 1. The van der Waals surface area contributed by atoms with Crippen molar-refractivity contribution in [3.63, 3.8) is 0 Å². The molecule has 1 aromatic heterocycles. The molecule has 0 spiro atoms. The van der Waals surface area contributed by atoms with E-state index in [9.17, 15) is 0 Å². The molecule has 4 nitrogen and oxygen atoms in total. The van der Waals surface area contributed by atoms with E-state index in [-0.39, 0.29) is 0 Å². The van der Waals surface area contributed by atoms with Gasteiger partial charge < -0.3 is 15.4 Å². The summed E-state index contributed by atoms with van der Waals surface area (Å²) >= 11 is 1.73. The van der Waals surface area contributed by atoms with E-state index in [1.807, 2.05) is 6.92 Å². The Kier molecular flexibility index (Phi) is 4.91. The predicted octanol–water partition coefficient (Wildman–Crippen LogP) is 1.48. The molecule has 2 unspecified atom stereocenters. The third-order valence-corrected chi connectivity index (χ3v) is 4.07. The van der Waals surface area contributed by atoms with Crippen molar-refractivity contribution in [1.82, 2.24) is 15.6 Å². The van der Waals surface area contributed by atoms with Crippen molar-refractivity contribution in [2.75, 3.05) is 26.2 Å². The molecule has 1 saturated heterocycles. The lowest BCUT2D eigenvalue weighted by molar-refractivity contribution is 0.0235. The monoisotopic (exact) mass is 255 g/mol. The highest BCUT2D eigenvalue weighted by atomic mass is 32.1. The van der Waals surface area contributed by atoms with Crippen LogP contribution in [0.1, 0.15) is 30.1 Å². The number of hydrogen-bond acceptors (Lipinski definition) is 5. The van der Waals surface area contributed by atoms with Gasteiger partial charge in [0.2, 0.25) is 0 Å². The molecule has 2 rings (SSSR count). The maximum atomic E-state index is 5.65. The lowest BCUT2D eigenvalue weighted by Gasteiger charge is -2.24. The van der Waals surface area contributed by atoms with Crippen molar-refractivity contribution < 1.29 is 4.74 Å². The van der Waals surface area contributed by atoms with Crippen molar-refractivity contribution in [3.8, 4) is 0 Å². The van der Waals surface area contributed by atoms with Gasteiger partial charge in [-0.25, -0.2) is 4.98 Å². The molecule has 0 radical (unpaired) electrons. The summed E-state index contributed by atoms with van der Waals surface area (Å²) in [5.74, 6) is 0. The van der Waals surface area contributed by atoms with E-state index in [0.717, 1.165) is 38.4 Å². The second-order valence-corrected chi connectivity index (χ2v) is 5.38. The van der Waals surface area contributed by atoms with Gasteiger partial charge in [0.25, 0.3) is 0 Å². The van der Waals surface area contributed by atoms with E-state index in [0.29, 0.717) is 12.1 Å². The molecule has 0 bridgehead atoms. The maximum Gasteiger partial charge on any atom is 0.110 e. The van der Waals surface area contributed by atoms with Crippen LogP contribution in [-0.4, -0.2) is 37.3 Å². The number of rotatable bonds is 5. The molecule has 96 valence electrons. The molecule has 1 fully saturated rings. The van der Waals surface area contributed by atoms with Gasteiger partial charge in [0.1, 0.15) is 5.01 Å². The number of morpholine rings is 1. The molecule has 17 heavy (non-hydrogen) atoms. The minimum absolute atomic E-state index is 0.338. The van der Waals surface area contributed by atoms with Crippen molar-refractivity contribution in [1.29, 1.82) is 0 Å². The van der Waals surface area contributed by atoms with Gasteiger partial charge in [0.05, 0.1) is 18.8 Å². The summed E-state index contributed by atoms with van der Waals surface area (Å²) in [6, 6.07) is 0.338. The zero-order valence-corrected chi connectivity index (χ0v) is 11.3. The Morgan fingerprint density at radius 1 is 1.71 bits per heavy atom. The van der Waals surface area contributed by atoms with Crippen molar-refractivity contribution >= 4 is 11.3 Å². The SMILES string of the molecule is Cc1csc(C(C)NCCC2CNCCO2)n1. The standard InChI is InChI=1S/C12H21N3OS/c1-9-8-17-12(15-9)10(2)14-4-3-11-7-13-5-6-16-11/h8,10-11,13-14H,3-7H2,1-2H3. The molecule has 2 N–H and O–H groups in total. The maximum absolute atomic E-state index is 5.65.